The quantitative estimate of drug-likeness (QED) is 0.892. The number of alkyl halides is 3. The zero-order chi connectivity index (χ0) is 12.5. The molecule has 1 aliphatic carbocycles. The van der Waals surface area contributed by atoms with Crippen LogP contribution in [0.25, 0.3) is 0 Å². The van der Waals surface area contributed by atoms with Crippen molar-refractivity contribution in [1.82, 2.24) is 4.57 Å². The first-order valence-electron chi connectivity index (χ1n) is 5.47. The molecule has 1 aromatic heterocycles. The molecule has 96 valence electrons. The van der Waals surface area contributed by atoms with E-state index in [0.29, 0.717) is 6.42 Å². The van der Waals surface area contributed by atoms with Crippen LogP contribution in [0, 0.1) is 0 Å². The van der Waals surface area contributed by atoms with E-state index in [1.807, 2.05) is 0 Å². The maximum absolute atomic E-state index is 11.9. The predicted molar refractivity (Wildman–Crippen MR) is 54.3 cm³/mol. The van der Waals surface area contributed by atoms with E-state index in [1.165, 1.54) is 0 Å². The predicted octanol–water partition coefficient (Wildman–Crippen LogP) is 2.39. The fraction of sp³-hybridized carbons (Fsp3) is 0.636. The average molecular weight is 249 g/mol. The van der Waals surface area contributed by atoms with E-state index in [-0.39, 0.29) is 6.73 Å². The van der Waals surface area contributed by atoms with Crippen molar-refractivity contribution < 1.29 is 23.0 Å². The lowest BCUT2D eigenvalue weighted by atomic mass is 9.93. The van der Waals surface area contributed by atoms with Gasteiger partial charge in [-0.05, 0) is 24.8 Å². The molecule has 0 saturated carbocycles. The molecule has 0 radical (unpaired) electrons. The fourth-order valence-electron chi connectivity index (χ4n) is 2.07. The molecule has 0 saturated heterocycles. The number of nitrogens with zero attached hydrogens (tertiary/aromatic N) is 1. The van der Waals surface area contributed by atoms with Gasteiger partial charge in [0.05, 0.1) is 6.10 Å². The van der Waals surface area contributed by atoms with Gasteiger partial charge in [0.15, 0.2) is 0 Å². The summed E-state index contributed by atoms with van der Waals surface area (Å²) in [6, 6.07) is 0. The second-order valence-electron chi connectivity index (χ2n) is 4.25. The van der Waals surface area contributed by atoms with Crippen molar-refractivity contribution in [2.24, 2.45) is 0 Å². The summed E-state index contributed by atoms with van der Waals surface area (Å²) in [6.07, 6.45) is 1.08. The van der Waals surface area contributed by atoms with Gasteiger partial charge in [-0.2, -0.15) is 13.2 Å². The van der Waals surface area contributed by atoms with Crippen LogP contribution in [0.5, 0.6) is 0 Å². The van der Waals surface area contributed by atoms with Gasteiger partial charge >= 0.3 is 6.18 Å². The lowest BCUT2D eigenvalue weighted by molar-refractivity contribution is -0.181. The van der Waals surface area contributed by atoms with E-state index in [9.17, 15) is 18.3 Å². The number of ether oxygens (including phenoxy) is 1. The van der Waals surface area contributed by atoms with E-state index >= 15 is 0 Å². The van der Waals surface area contributed by atoms with Gasteiger partial charge < -0.3 is 14.4 Å². The molecule has 0 aromatic carbocycles. The third kappa shape index (κ3) is 3.23. The number of rotatable bonds is 3. The molecular formula is C11H14F3NO2. The minimum absolute atomic E-state index is 0.140. The minimum Gasteiger partial charge on any atom is -0.388 e. The summed E-state index contributed by atoms with van der Waals surface area (Å²) in [5.74, 6) is 0. The van der Waals surface area contributed by atoms with E-state index < -0.39 is 18.9 Å². The Bertz CT molecular complexity index is 387. The molecule has 0 fully saturated rings. The summed E-state index contributed by atoms with van der Waals surface area (Å²) in [7, 11) is 0. The molecule has 1 atom stereocenters. The molecule has 1 unspecified atom stereocenters. The third-order valence-electron chi connectivity index (χ3n) is 2.79. The number of hydrogen-bond acceptors (Lipinski definition) is 2. The zero-order valence-corrected chi connectivity index (χ0v) is 9.20. The summed E-state index contributed by atoms with van der Waals surface area (Å²) in [5.41, 5.74) is 1.81. The topological polar surface area (TPSA) is 34.4 Å². The molecule has 0 aliphatic heterocycles. The zero-order valence-electron chi connectivity index (χ0n) is 9.20. The summed E-state index contributed by atoms with van der Waals surface area (Å²) in [6.45, 7) is -1.39. The van der Waals surface area contributed by atoms with Crippen molar-refractivity contribution in [1.29, 1.82) is 0 Å². The highest BCUT2D eigenvalue weighted by Crippen LogP contribution is 2.30. The molecular weight excluding hydrogens is 235 g/mol. The van der Waals surface area contributed by atoms with Gasteiger partial charge in [0.25, 0.3) is 0 Å². The van der Waals surface area contributed by atoms with E-state index in [2.05, 4.69) is 4.74 Å². The van der Waals surface area contributed by atoms with Gasteiger partial charge in [-0.3, -0.25) is 0 Å². The van der Waals surface area contributed by atoms with Crippen LogP contribution in [0.3, 0.4) is 0 Å². The van der Waals surface area contributed by atoms with Crippen molar-refractivity contribution in [2.45, 2.75) is 38.3 Å². The monoisotopic (exact) mass is 249 g/mol. The van der Waals surface area contributed by atoms with Crippen LogP contribution >= 0.6 is 0 Å². The van der Waals surface area contributed by atoms with Gasteiger partial charge in [-0.25, -0.2) is 0 Å². The number of aryl methyl sites for hydroxylation is 1. The molecule has 1 N–H and O–H groups in total. The molecule has 6 heteroatoms. The first-order chi connectivity index (χ1) is 7.96. The third-order valence-corrected chi connectivity index (χ3v) is 2.79. The first kappa shape index (κ1) is 12.4. The largest absolute Gasteiger partial charge is 0.411 e. The Balaban J connectivity index is 1.94. The van der Waals surface area contributed by atoms with Crippen molar-refractivity contribution in [3.05, 3.63) is 23.5 Å². The molecule has 1 aliphatic rings. The number of fused-ring (bicyclic) bond motifs is 1. The number of aliphatic hydroxyl groups is 1. The second kappa shape index (κ2) is 4.70. The first-order valence-corrected chi connectivity index (χ1v) is 5.47. The Labute approximate surface area is 96.8 Å². The molecule has 17 heavy (non-hydrogen) atoms. The standard InChI is InChI=1S/C11H14F3NO2/c12-11(13,14)6-17-7-15-4-8-2-1-3-10(16)9(8)5-15/h4-5,10,16H,1-3,6-7H2. The van der Waals surface area contributed by atoms with Crippen molar-refractivity contribution >= 4 is 0 Å². The fourth-order valence-corrected chi connectivity index (χ4v) is 2.07. The Morgan fingerprint density at radius 2 is 2.18 bits per heavy atom. The van der Waals surface area contributed by atoms with Crippen molar-refractivity contribution in [2.75, 3.05) is 6.61 Å². The van der Waals surface area contributed by atoms with Crippen LogP contribution in [0.15, 0.2) is 12.4 Å². The molecule has 0 amide bonds. The highest BCUT2D eigenvalue weighted by atomic mass is 19.4. The van der Waals surface area contributed by atoms with Crippen LogP contribution in [-0.4, -0.2) is 22.5 Å². The summed E-state index contributed by atoms with van der Waals surface area (Å²) in [4.78, 5) is 0. The molecule has 3 nitrogen and oxygen atoms in total. The Hall–Kier alpha value is -1.01. The summed E-state index contributed by atoms with van der Waals surface area (Å²) < 4.78 is 41.7. The molecule has 1 heterocycles. The van der Waals surface area contributed by atoms with E-state index in [1.54, 1.807) is 17.0 Å². The number of halogens is 3. The van der Waals surface area contributed by atoms with Gasteiger partial charge in [-0.1, -0.05) is 0 Å². The van der Waals surface area contributed by atoms with Crippen LogP contribution in [0.2, 0.25) is 0 Å². The van der Waals surface area contributed by atoms with Crippen LogP contribution in [-0.2, 0) is 17.9 Å². The van der Waals surface area contributed by atoms with Crippen LogP contribution in [0.4, 0.5) is 13.2 Å². The van der Waals surface area contributed by atoms with Crippen LogP contribution < -0.4 is 0 Å². The lowest BCUT2D eigenvalue weighted by Crippen LogP contribution is -2.18. The molecule has 0 bridgehead atoms. The minimum atomic E-state index is -4.30. The Morgan fingerprint density at radius 3 is 2.82 bits per heavy atom. The molecule has 0 spiro atoms. The number of hydrogen-bond donors (Lipinski definition) is 1. The van der Waals surface area contributed by atoms with Gasteiger partial charge in [-0.15, -0.1) is 0 Å². The van der Waals surface area contributed by atoms with Gasteiger partial charge in [0, 0.05) is 18.0 Å². The van der Waals surface area contributed by atoms with Crippen molar-refractivity contribution in [3.63, 3.8) is 0 Å². The van der Waals surface area contributed by atoms with E-state index in [4.69, 9.17) is 0 Å². The maximum Gasteiger partial charge on any atom is 0.411 e. The normalized spacial score (nSPS) is 20.4. The average Bonchev–Trinajstić information content (AvgIpc) is 2.60. The van der Waals surface area contributed by atoms with Gasteiger partial charge in [0.2, 0.25) is 0 Å². The maximum atomic E-state index is 11.9. The van der Waals surface area contributed by atoms with E-state index in [0.717, 1.165) is 24.0 Å². The van der Waals surface area contributed by atoms with Gasteiger partial charge in [0.1, 0.15) is 13.3 Å². The lowest BCUT2D eigenvalue weighted by Gasteiger charge is -2.16. The smallest absolute Gasteiger partial charge is 0.388 e. The molecule has 2 rings (SSSR count). The summed E-state index contributed by atoms with van der Waals surface area (Å²) in [5, 5.41) is 9.70. The molecule has 1 aromatic rings. The number of aliphatic hydroxyl groups excluding tert-OH is 1. The second-order valence-corrected chi connectivity index (χ2v) is 4.25. The van der Waals surface area contributed by atoms with Crippen molar-refractivity contribution in [3.8, 4) is 0 Å². The number of aromatic nitrogens is 1. The Kier molecular flexibility index (Phi) is 3.44. The SMILES string of the molecule is OC1CCCc2cn(COCC(F)(F)F)cc21. The highest BCUT2D eigenvalue weighted by Gasteiger charge is 2.27. The Morgan fingerprint density at radius 1 is 1.41 bits per heavy atom. The summed E-state index contributed by atoms with van der Waals surface area (Å²) >= 11 is 0. The highest BCUT2D eigenvalue weighted by molar-refractivity contribution is 5.28. The van der Waals surface area contributed by atoms with Crippen LogP contribution in [0.1, 0.15) is 30.1 Å².